The number of benzene rings is 2. The van der Waals surface area contributed by atoms with Gasteiger partial charge < -0.3 is 10.6 Å². The average molecular weight is 363 g/mol. The molecule has 0 amide bonds. The quantitative estimate of drug-likeness (QED) is 0.594. The first-order valence-electron chi connectivity index (χ1n) is 6.42. The molecule has 2 rings (SSSR count). The third-order valence-corrected chi connectivity index (χ3v) is 3.38. The lowest BCUT2D eigenvalue weighted by molar-refractivity contribution is -0.136. The standard InChI is InChI=1S/C15H11ClF4N2S/c16-10-3-6-13(12(7-10)15(18,19)20)22-14(23)21-8-9-1-4-11(17)5-2-9/h1-7H,8H2,(H2,21,22,23). The van der Waals surface area contributed by atoms with E-state index in [0.29, 0.717) is 0 Å². The summed E-state index contributed by atoms with van der Waals surface area (Å²) < 4.78 is 51.7. The minimum absolute atomic E-state index is 0.0159. The summed E-state index contributed by atoms with van der Waals surface area (Å²) in [4.78, 5) is 0. The molecule has 0 saturated carbocycles. The molecule has 0 aliphatic rings. The zero-order valence-electron chi connectivity index (χ0n) is 11.5. The van der Waals surface area contributed by atoms with Crippen molar-refractivity contribution in [2.24, 2.45) is 0 Å². The molecule has 2 aromatic rings. The number of hydrogen-bond acceptors (Lipinski definition) is 1. The van der Waals surface area contributed by atoms with Crippen LogP contribution < -0.4 is 10.6 Å². The van der Waals surface area contributed by atoms with Crippen LogP contribution in [0.2, 0.25) is 5.02 Å². The van der Waals surface area contributed by atoms with Crippen LogP contribution in [0, 0.1) is 5.82 Å². The van der Waals surface area contributed by atoms with E-state index in [1.54, 1.807) is 12.1 Å². The molecule has 2 nitrogen and oxygen atoms in total. The van der Waals surface area contributed by atoms with Crippen molar-refractivity contribution in [1.29, 1.82) is 0 Å². The monoisotopic (exact) mass is 362 g/mol. The van der Waals surface area contributed by atoms with Gasteiger partial charge in [-0.2, -0.15) is 13.2 Å². The molecule has 0 aromatic heterocycles. The number of halogens is 5. The molecular formula is C15H11ClF4N2S. The van der Waals surface area contributed by atoms with Crippen LogP contribution in [0.3, 0.4) is 0 Å². The molecule has 0 radical (unpaired) electrons. The van der Waals surface area contributed by atoms with E-state index in [2.05, 4.69) is 10.6 Å². The summed E-state index contributed by atoms with van der Waals surface area (Å²) in [6.45, 7) is 0.251. The molecule has 0 bridgehead atoms. The number of hydrogen-bond donors (Lipinski definition) is 2. The van der Waals surface area contributed by atoms with Gasteiger partial charge in [0, 0.05) is 11.6 Å². The maximum absolute atomic E-state index is 13.0. The molecule has 0 saturated heterocycles. The molecule has 0 fully saturated rings. The van der Waals surface area contributed by atoms with Crippen molar-refractivity contribution < 1.29 is 17.6 Å². The summed E-state index contributed by atoms with van der Waals surface area (Å²) in [5.74, 6) is -0.370. The first-order valence-corrected chi connectivity index (χ1v) is 7.20. The van der Waals surface area contributed by atoms with Crippen LogP contribution in [0.25, 0.3) is 0 Å². The van der Waals surface area contributed by atoms with Gasteiger partial charge in [-0.25, -0.2) is 4.39 Å². The molecule has 122 valence electrons. The van der Waals surface area contributed by atoms with E-state index in [-0.39, 0.29) is 28.2 Å². The molecule has 2 N–H and O–H groups in total. The highest BCUT2D eigenvalue weighted by Gasteiger charge is 2.34. The second-order valence-corrected chi connectivity index (χ2v) is 5.47. The van der Waals surface area contributed by atoms with Crippen LogP contribution in [0.4, 0.5) is 23.2 Å². The van der Waals surface area contributed by atoms with E-state index in [0.717, 1.165) is 11.6 Å². The fourth-order valence-electron chi connectivity index (χ4n) is 1.81. The van der Waals surface area contributed by atoms with E-state index in [1.807, 2.05) is 0 Å². The Balaban J connectivity index is 2.04. The lowest BCUT2D eigenvalue weighted by Crippen LogP contribution is -2.29. The highest BCUT2D eigenvalue weighted by atomic mass is 35.5. The molecule has 0 atom stereocenters. The van der Waals surface area contributed by atoms with Crippen molar-refractivity contribution in [3.05, 3.63) is 64.4 Å². The van der Waals surface area contributed by atoms with Gasteiger partial charge in [-0.3, -0.25) is 0 Å². The predicted octanol–water partition coefficient (Wildman–Crippen LogP) is 4.98. The van der Waals surface area contributed by atoms with Crippen molar-refractivity contribution in [1.82, 2.24) is 5.32 Å². The second kappa shape index (κ2) is 7.14. The number of thiocarbonyl (C=S) groups is 1. The molecule has 0 aliphatic heterocycles. The largest absolute Gasteiger partial charge is 0.418 e. The average Bonchev–Trinajstić information content (AvgIpc) is 2.47. The number of alkyl halides is 3. The van der Waals surface area contributed by atoms with Gasteiger partial charge in [0.05, 0.1) is 11.3 Å². The Morgan fingerprint density at radius 1 is 1.09 bits per heavy atom. The third-order valence-electron chi connectivity index (χ3n) is 2.90. The Kier molecular flexibility index (Phi) is 5.43. The van der Waals surface area contributed by atoms with Gasteiger partial charge in [0.25, 0.3) is 0 Å². The van der Waals surface area contributed by atoms with Gasteiger partial charge in [-0.1, -0.05) is 23.7 Å². The first kappa shape index (κ1) is 17.5. The summed E-state index contributed by atoms with van der Waals surface area (Å²) in [6, 6.07) is 9.04. The predicted molar refractivity (Wildman–Crippen MR) is 85.9 cm³/mol. The topological polar surface area (TPSA) is 24.1 Å². The summed E-state index contributed by atoms with van der Waals surface area (Å²) in [7, 11) is 0. The van der Waals surface area contributed by atoms with E-state index in [1.165, 1.54) is 24.3 Å². The number of anilines is 1. The lowest BCUT2D eigenvalue weighted by Gasteiger charge is -2.16. The van der Waals surface area contributed by atoms with Crippen molar-refractivity contribution >= 4 is 34.6 Å². The second-order valence-electron chi connectivity index (χ2n) is 4.62. The van der Waals surface area contributed by atoms with Crippen LogP contribution in [0.1, 0.15) is 11.1 Å². The lowest BCUT2D eigenvalue weighted by atomic mass is 10.1. The maximum Gasteiger partial charge on any atom is 0.418 e. The fraction of sp³-hybridized carbons (Fsp3) is 0.133. The van der Waals surface area contributed by atoms with Crippen molar-refractivity contribution in [2.45, 2.75) is 12.7 Å². The molecule has 0 heterocycles. The summed E-state index contributed by atoms with van der Waals surface area (Å²) in [5.41, 5.74) is -0.364. The molecule has 0 unspecified atom stereocenters. The first-order chi connectivity index (χ1) is 10.8. The number of nitrogens with one attached hydrogen (secondary N) is 2. The molecule has 0 aliphatic carbocycles. The van der Waals surface area contributed by atoms with Crippen LogP contribution >= 0.6 is 23.8 Å². The Morgan fingerprint density at radius 3 is 2.35 bits per heavy atom. The minimum atomic E-state index is -4.56. The van der Waals surface area contributed by atoms with E-state index in [9.17, 15) is 17.6 Å². The van der Waals surface area contributed by atoms with E-state index < -0.39 is 11.7 Å². The Morgan fingerprint density at radius 2 is 1.74 bits per heavy atom. The molecule has 2 aromatic carbocycles. The van der Waals surface area contributed by atoms with Crippen LogP contribution in [0.5, 0.6) is 0 Å². The Bertz CT molecular complexity index is 702. The van der Waals surface area contributed by atoms with Gasteiger partial charge in [-0.05, 0) is 48.1 Å². The van der Waals surface area contributed by atoms with Gasteiger partial charge in [0.1, 0.15) is 5.82 Å². The zero-order valence-corrected chi connectivity index (χ0v) is 13.1. The highest BCUT2D eigenvalue weighted by Crippen LogP contribution is 2.36. The molecule has 23 heavy (non-hydrogen) atoms. The zero-order chi connectivity index (χ0) is 17.0. The normalized spacial score (nSPS) is 11.2. The van der Waals surface area contributed by atoms with Crippen molar-refractivity contribution in [3.63, 3.8) is 0 Å². The summed E-state index contributed by atoms with van der Waals surface area (Å²) >= 11 is 10.6. The van der Waals surface area contributed by atoms with E-state index >= 15 is 0 Å². The fourth-order valence-corrected chi connectivity index (χ4v) is 2.17. The van der Waals surface area contributed by atoms with Gasteiger partial charge in [-0.15, -0.1) is 0 Å². The number of rotatable bonds is 3. The molecular weight excluding hydrogens is 352 g/mol. The third kappa shape index (κ3) is 5.07. The Labute approximate surface area is 140 Å². The molecule has 0 spiro atoms. The van der Waals surface area contributed by atoms with Gasteiger partial charge >= 0.3 is 6.18 Å². The van der Waals surface area contributed by atoms with E-state index in [4.69, 9.17) is 23.8 Å². The van der Waals surface area contributed by atoms with Crippen molar-refractivity contribution in [3.8, 4) is 0 Å². The van der Waals surface area contributed by atoms with Crippen LogP contribution in [-0.4, -0.2) is 5.11 Å². The Hall–Kier alpha value is -1.86. The summed E-state index contributed by atoms with van der Waals surface area (Å²) in [6.07, 6.45) is -4.56. The van der Waals surface area contributed by atoms with Gasteiger partial charge in [0.2, 0.25) is 0 Å². The minimum Gasteiger partial charge on any atom is -0.358 e. The van der Waals surface area contributed by atoms with Crippen molar-refractivity contribution in [2.75, 3.05) is 5.32 Å². The SMILES string of the molecule is Fc1ccc(CNC(=S)Nc2ccc(Cl)cc2C(F)(F)F)cc1. The summed E-state index contributed by atoms with van der Waals surface area (Å²) in [5, 5.41) is 5.25. The van der Waals surface area contributed by atoms with Crippen LogP contribution in [0.15, 0.2) is 42.5 Å². The van der Waals surface area contributed by atoms with Crippen LogP contribution in [-0.2, 0) is 12.7 Å². The molecule has 8 heteroatoms. The smallest absolute Gasteiger partial charge is 0.358 e. The maximum atomic E-state index is 13.0. The highest BCUT2D eigenvalue weighted by molar-refractivity contribution is 7.80. The van der Waals surface area contributed by atoms with Gasteiger partial charge in [0.15, 0.2) is 5.11 Å².